The van der Waals surface area contributed by atoms with Crippen molar-refractivity contribution in [3.05, 3.63) is 82.6 Å². The van der Waals surface area contributed by atoms with E-state index < -0.39 is 10.0 Å². The molecule has 3 aromatic rings. The molecule has 9 heteroatoms. The number of carbonyl (C=O) groups is 1. The van der Waals surface area contributed by atoms with E-state index in [4.69, 9.17) is 23.2 Å². The maximum absolute atomic E-state index is 13.0. The van der Waals surface area contributed by atoms with Crippen molar-refractivity contribution in [1.29, 1.82) is 0 Å². The highest BCUT2D eigenvalue weighted by atomic mass is 35.5. The van der Waals surface area contributed by atoms with E-state index in [1.165, 1.54) is 16.4 Å². The van der Waals surface area contributed by atoms with E-state index in [1.807, 2.05) is 41.2 Å². The van der Waals surface area contributed by atoms with E-state index in [9.17, 15) is 13.2 Å². The van der Waals surface area contributed by atoms with Crippen LogP contribution in [0.25, 0.3) is 5.69 Å². The summed E-state index contributed by atoms with van der Waals surface area (Å²) in [6, 6.07) is 15.8. The lowest BCUT2D eigenvalue weighted by Crippen LogP contribution is -2.50. The number of sulfonamides is 1. The summed E-state index contributed by atoms with van der Waals surface area (Å²) in [6.45, 7) is 0.938. The number of aromatic nitrogens is 1. The van der Waals surface area contributed by atoms with Crippen LogP contribution in [0.15, 0.2) is 71.9 Å². The molecule has 2 heterocycles. The normalized spacial score (nSPS) is 15.3. The molecule has 0 unspecified atom stereocenters. The van der Waals surface area contributed by atoms with Crippen molar-refractivity contribution in [3.8, 4) is 5.69 Å². The average Bonchev–Trinajstić information content (AvgIpc) is 3.28. The zero-order chi connectivity index (χ0) is 21.3. The molecule has 1 amide bonds. The van der Waals surface area contributed by atoms with Crippen molar-refractivity contribution in [1.82, 2.24) is 13.8 Å². The molecule has 1 aromatic heterocycles. The summed E-state index contributed by atoms with van der Waals surface area (Å²) in [7, 11) is -3.84. The molecule has 6 nitrogen and oxygen atoms in total. The zero-order valence-electron chi connectivity index (χ0n) is 15.9. The fraction of sp³-hybridized carbons (Fsp3) is 0.190. The summed E-state index contributed by atoms with van der Waals surface area (Å²) in [4.78, 5) is 14.4. The molecule has 0 radical (unpaired) electrons. The topological polar surface area (TPSA) is 62.6 Å². The van der Waals surface area contributed by atoms with Crippen molar-refractivity contribution < 1.29 is 13.2 Å². The molecular formula is C21H19Cl2N3O3S. The summed E-state index contributed by atoms with van der Waals surface area (Å²) in [5, 5.41) is 0.174. The smallest absolute Gasteiger partial charge is 0.253 e. The average molecular weight is 464 g/mol. The molecule has 1 fully saturated rings. The first kappa shape index (κ1) is 20.9. The summed E-state index contributed by atoms with van der Waals surface area (Å²) in [5.41, 5.74) is 1.53. The van der Waals surface area contributed by atoms with Crippen LogP contribution in [0.5, 0.6) is 0 Å². The number of carbonyl (C=O) groups excluding carboxylic acids is 1. The third-order valence-corrected chi connectivity index (χ3v) is 7.91. The zero-order valence-corrected chi connectivity index (χ0v) is 18.2. The molecule has 1 saturated heterocycles. The number of hydrogen-bond donors (Lipinski definition) is 0. The van der Waals surface area contributed by atoms with Gasteiger partial charge in [0.25, 0.3) is 5.91 Å². The predicted octanol–water partition coefficient (Wildman–Crippen LogP) is 3.93. The number of benzene rings is 2. The van der Waals surface area contributed by atoms with Crippen LogP contribution in [0.1, 0.15) is 10.4 Å². The molecule has 2 aromatic carbocycles. The Morgan fingerprint density at radius 1 is 0.800 bits per heavy atom. The van der Waals surface area contributed by atoms with E-state index >= 15 is 0 Å². The Labute approximate surface area is 185 Å². The van der Waals surface area contributed by atoms with Crippen molar-refractivity contribution in [3.63, 3.8) is 0 Å². The molecule has 0 saturated carbocycles. The van der Waals surface area contributed by atoms with E-state index in [2.05, 4.69) is 0 Å². The quantitative estimate of drug-likeness (QED) is 0.588. The molecule has 0 bridgehead atoms. The highest BCUT2D eigenvalue weighted by Gasteiger charge is 2.33. The van der Waals surface area contributed by atoms with E-state index in [0.29, 0.717) is 18.7 Å². The number of piperazine rings is 1. The third-order valence-electron chi connectivity index (χ3n) is 5.06. The van der Waals surface area contributed by atoms with Gasteiger partial charge in [0.15, 0.2) is 0 Å². The maximum atomic E-state index is 13.0. The van der Waals surface area contributed by atoms with Gasteiger partial charge < -0.3 is 9.47 Å². The third kappa shape index (κ3) is 3.98. The van der Waals surface area contributed by atoms with Gasteiger partial charge in [-0.15, -0.1) is 0 Å². The van der Waals surface area contributed by atoms with Gasteiger partial charge in [-0.2, -0.15) is 4.31 Å². The van der Waals surface area contributed by atoms with Crippen molar-refractivity contribution in [2.75, 3.05) is 26.2 Å². The number of amides is 1. The number of hydrogen-bond acceptors (Lipinski definition) is 3. The van der Waals surface area contributed by atoms with Gasteiger partial charge in [-0.1, -0.05) is 29.3 Å². The highest BCUT2D eigenvalue weighted by molar-refractivity contribution is 7.89. The first-order valence-electron chi connectivity index (χ1n) is 9.35. The molecule has 4 rings (SSSR count). The molecule has 0 aliphatic carbocycles. The van der Waals surface area contributed by atoms with Crippen LogP contribution in [0.3, 0.4) is 0 Å². The van der Waals surface area contributed by atoms with Gasteiger partial charge in [-0.25, -0.2) is 8.42 Å². The van der Waals surface area contributed by atoms with Crippen LogP contribution in [-0.4, -0.2) is 54.3 Å². The van der Waals surface area contributed by atoms with Crippen molar-refractivity contribution >= 4 is 39.1 Å². The second-order valence-electron chi connectivity index (χ2n) is 6.88. The Bertz CT molecular complexity index is 1130. The summed E-state index contributed by atoms with van der Waals surface area (Å²) < 4.78 is 29.2. The lowest BCUT2D eigenvalue weighted by Gasteiger charge is -2.34. The second kappa shape index (κ2) is 8.43. The summed E-state index contributed by atoms with van der Waals surface area (Å²) in [6.07, 6.45) is 3.86. The van der Waals surface area contributed by atoms with Gasteiger partial charge in [0.2, 0.25) is 10.0 Å². The summed E-state index contributed by atoms with van der Waals surface area (Å²) >= 11 is 12.2. The van der Waals surface area contributed by atoms with Crippen molar-refractivity contribution in [2.45, 2.75) is 4.90 Å². The first-order chi connectivity index (χ1) is 14.4. The van der Waals surface area contributed by atoms with E-state index in [1.54, 1.807) is 23.1 Å². The largest absolute Gasteiger partial charge is 0.336 e. The van der Waals surface area contributed by atoms with E-state index in [0.717, 1.165) is 5.69 Å². The van der Waals surface area contributed by atoms with Gasteiger partial charge in [0.1, 0.15) is 4.90 Å². The maximum Gasteiger partial charge on any atom is 0.253 e. The van der Waals surface area contributed by atoms with Gasteiger partial charge in [0.05, 0.1) is 10.0 Å². The van der Waals surface area contributed by atoms with Crippen LogP contribution in [-0.2, 0) is 10.0 Å². The minimum Gasteiger partial charge on any atom is -0.336 e. The van der Waals surface area contributed by atoms with Gasteiger partial charge in [-0.05, 0) is 48.5 Å². The molecule has 30 heavy (non-hydrogen) atoms. The number of nitrogens with zero attached hydrogens (tertiary/aromatic N) is 3. The lowest BCUT2D eigenvalue weighted by atomic mass is 10.1. The molecule has 156 valence electrons. The molecular weight excluding hydrogens is 445 g/mol. The van der Waals surface area contributed by atoms with Crippen LogP contribution < -0.4 is 0 Å². The minimum absolute atomic E-state index is 0.0868. The number of rotatable bonds is 4. The SMILES string of the molecule is O=C(c1ccc(-n2cccc2)cc1)N1CCN(S(=O)(=O)c2c(Cl)cccc2Cl)CC1. The Kier molecular flexibility index (Phi) is 5.88. The predicted molar refractivity (Wildman–Crippen MR) is 117 cm³/mol. The van der Waals surface area contributed by atoms with Gasteiger partial charge in [-0.3, -0.25) is 4.79 Å². The second-order valence-corrected chi connectivity index (χ2v) is 9.57. The standard InChI is InChI=1S/C21H19Cl2N3O3S/c22-18-4-3-5-19(23)20(18)30(28,29)26-14-12-25(13-15-26)21(27)16-6-8-17(9-7-16)24-10-1-2-11-24/h1-11H,12-15H2. The van der Waals surface area contributed by atoms with Crippen LogP contribution in [0, 0.1) is 0 Å². The van der Waals surface area contributed by atoms with Gasteiger partial charge >= 0.3 is 0 Å². The Morgan fingerprint density at radius 3 is 1.93 bits per heavy atom. The molecule has 1 aliphatic heterocycles. The van der Waals surface area contributed by atoms with Crippen LogP contribution in [0.4, 0.5) is 0 Å². The lowest BCUT2D eigenvalue weighted by molar-refractivity contribution is 0.0698. The Balaban J connectivity index is 1.45. The van der Waals surface area contributed by atoms with Crippen LogP contribution in [0.2, 0.25) is 10.0 Å². The van der Waals surface area contributed by atoms with E-state index in [-0.39, 0.29) is 33.9 Å². The Hall–Kier alpha value is -2.32. The fourth-order valence-electron chi connectivity index (χ4n) is 3.45. The first-order valence-corrected chi connectivity index (χ1v) is 11.5. The molecule has 0 spiro atoms. The highest BCUT2D eigenvalue weighted by Crippen LogP contribution is 2.32. The monoisotopic (exact) mass is 463 g/mol. The van der Waals surface area contributed by atoms with Gasteiger partial charge in [0, 0.05) is 49.8 Å². The molecule has 0 N–H and O–H groups in total. The fourth-order valence-corrected chi connectivity index (χ4v) is 5.97. The van der Waals surface area contributed by atoms with Crippen molar-refractivity contribution in [2.24, 2.45) is 0 Å². The number of halogens is 2. The van der Waals surface area contributed by atoms with Crippen LogP contribution >= 0.6 is 23.2 Å². The molecule has 1 aliphatic rings. The Morgan fingerprint density at radius 2 is 1.37 bits per heavy atom. The molecule has 0 atom stereocenters. The summed E-state index contributed by atoms with van der Waals surface area (Å²) in [5.74, 6) is -0.123. The minimum atomic E-state index is -3.84.